The maximum atomic E-state index is 12.8. The first kappa shape index (κ1) is 15.8. The van der Waals surface area contributed by atoms with Crippen molar-refractivity contribution in [3.63, 3.8) is 0 Å². The van der Waals surface area contributed by atoms with Gasteiger partial charge in [-0.3, -0.25) is 9.59 Å². The lowest BCUT2D eigenvalue weighted by Gasteiger charge is -2.30. The highest BCUT2D eigenvalue weighted by atomic mass is 35.5. The molecule has 22 heavy (non-hydrogen) atoms. The Labute approximate surface area is 138 Å². The number of carbonyl (C=O) groups excluding carboxylic acids is 2. The van der Waals surface area contributed by atoms with E-state index in [2.05, 4.69) is 0 Å². The van der Waals surface area contributed by atoms with Crippen LogP contribution in [0.25, 0.3) is 0 Å². The average Bonchev–Trinajstić information content (AvgIpc) is 2.57. The summed E-state index contributed by atoms with van der Waals surface area (Å²) in [6.45, 7) is 0. The summed E-state index contributed by atoms with van der Waals surface area (Å²) in [5, 5.41) is 0.612. The molecule has 1 atom stereocenters. The molecule has 0 N–H and O–H groups in total. The molecule has 3 rings (SSSR count). The highest BCUT2D eigenvalue weighted by molar-refractivity contribution is 7.91. The molecule has 1 spiro atoms. The van der Waals surface area contributed by atoms with E-state index in [1.54, 1.807) is 0 Å². The SMILES string of the molecule is O=C1CC2(CCCS(=O)(=O)C2)C(=O)N1c1cc(Cl)cc(Cl)c1. The lowest BCUT2D eigenvalue weighted by molar-refractivity contribution is -0.125. The quantitative estimate of drug-likeness (QED) is 0.720. The lowest BCUT2D eigenvalue weighted by Crippen LogP contribution is -2.43. The Kier molecular flexibility index (Phi) is 3.74. The van der Waals surface area contributed by atoms with Crippen molar-refractivity contribution in [1.29, 1.82) is 0 Å². The van der Waals surface area contributed by atoms with Crippen LogP contribution in [0.1, 0.15) is 19.3 Å². The minimum absolute atomic E-state index is 0.0687. The first-order valence-corrected chi connectivity index (χ1v) is 9.34. The van der Waals surface area contributed by atoms with Gasteiger partial charge in [0, 0.05) is 16.5 Å². The molecule has 0 saturated carbocycles. The predicted octanol–water partition coefficient (Wildman–Crippen LogP) is 2.45. The monoisotopic (exact) mass is 361 g/mol. The molecular weight excluding hydrogens is 349 g/mol. The summed E-state index contributed by atoms with van der Waals surface area (Å²) < 4.78 is 23.8. The molecule has 2 amide bonds. The highest BCUT2D eigenvalue weighted by Gasteiger charge is 2.55. The highest BCUT2D eigenvalue weighted by Crippen LogP contribution is 2.44. The maximum Gasteiger partial charge on any atom is 0.241 e. The van der Waals surface area contributed by atoms with Gasteiger partial charge in [-0.25, -0.2) is 13.3 Å². The average molecular weight is 362 g/mol. The molecule has 2 aliphatic rings. The van der Waals surface area contributed by atoms with Crippen LogP contribution in [0, 0.1) is 5.41 Å². The van der Waals surface area contributed by atoms with Crippen molar-refractivity contribution in [2.45, 2.75) is 19.3 Å². The molecule has 1 aromatic carbocycles. The van der Waals surface area contributed by atoms with Gasteiger partial charge in [0.15, 0.2) is 9.84 Å². The normalized spacial score (nSPS) is 27.6. The molecule has 1 unspecified atom stereocenters. The van der Waals surface area contributed by atoms with Crippen LogP contribution in [0.15, 0.2) is 18.2 Å². The van der Waals surface area contributed by atoms with E-state index in [1.165, 1.54) is 18.2 Å². The Hall–Kier alpha value is -1.11. The molecule has 2 fully saturated rings. The third-order valence-electron chi connectivity index (χ3n) is 4.11. The molecule has 0 aromatic heterocycles. The molecular formula is C14H13Cl2NO4S. The van der Waals surface area contributed by atoms with Gasteiger partial charge >= 0.3 is 0 Å². The van der Waals surface area contributed by atoms with Gasteiger partial charge in [0.1, 0.15) is 0 Å². The molecule has 2 aliphatic heterocycles. The van der Waals surface area contributed by atoms with Crippen molar-refractivity contribution in [1.82, 2.24) is 0 Å². The Morgan fingerprint density at radius 2 is 1.73 bits per heavy atom. The number of nitrogens with zero attached hydrogens (tertiary/aromatic N) is 1. The van der Waals surface area contributed by atoms with Crippen LogP contribution in [-0.4, -0.2) is 31.7 Å². The van der Waals surface area contributed by atoms with E-state index in [9.17, 15) is 18.0 Å². The number of hydrogen-bond acceptors (Lipinski definition) is 4. The second kappa shape index (κ2) is 5.22. The molecule has 0 aliphatic carbocycles. The van der Waals surface area contributed by atoms with E-state index < -0.39 is 27.1 Å². The fourth-order valence-electron chi connectivity index (χ4n) is 3.23. The zero-order valence-electron chi connectivity index (χ0n) is 11.5. The number of sulfone groups is 1. The summed E-state index contributed by atoms with van der Waals surface area (Å²) >= 11 is 11.8. The first-order valence-electron chi connectivity index (χ1n) is 6.76. The van der Waals surface area contributed by atoms with Gasteiger partial charge in [-0.1, -0.05) is 23.2 Å². The molecule has 5 nitrogen and oxygen atoms in total. The number of amides is 2. The van der Waals surface area contributed by atoms with Gasteiger partial charge in [0.25, 0.3) is 0 Å². The summed E-state index contributed by atoms with van der Waals surface area (Å²) in [6, 6.07) is 4.44. The number of carbonyl (C=O) groups is 2. The van der Waals surface area contributed by atoms with Gasteiger partial charge in [-0.2, -0.15) is 0 Å². The van der Waals surface area contributed by atoms with Crippen molar-refractivity contribution < 1.29 is 18.0 Å². The minimum Gasteiger partial charge on any atom is -0.274 e. The topological polar surface area (TPSA) is 71.5 Å². The molecule has 2 saturated heterocycles. The predicted molar refractivity (Wildman–Crippen MR) is 83.9 cm³/mol. The van der Waals surface area contributed by atoms with Gasteiger partial charge in [-0.15, -0.1) is 0 Å². The van der Waals surface area contributed by atoms with Crippen molar-refractivity contribution in [3.8, 4) is 0 Å². The Morgan fingerprint density at radius 1 is 1.09 bits per heavy atom. The third-order valence-corrected chi connectivity index (χ3v) is 6.45. The van der Waals surface area contributed by atoms with Crippen molar-refractivity contribution in [2.24, 2.45) is 5.41 Å². The van der Waals surface area contributed by atoms with Crippen LogP contribution in [-0.2, 0) is 19.4 Å². The number of hydrogen-bond donors (Lipinski definition) is 0. The third kappa shape index (κ3) is 2.64. The summed E-state index contributed by atoms with van der Waals surface area (Å²) in [7, 11) is -3.30. The lowest BCUT2D eigenvalue weighted by atomic mass is 9.83. The molecule has 0 radical (unpaired) electrons. The van der Waals surface area contributed by atoms with Crippen molar-refractivity contribution in [3.05, 3.63) is 28.2 Å². The standard InChI is InChI=1S/C14H13Cl2NO4S/c15-9-4-10(16)6-11(5-9)17-12(18)7-14(13(17)19)2-1-3-22(20,21)8-14/h4-6H,1-3,7-8H2. The second-order valence-electron chi connectivity index (χ2n) is 5.81. The maximum absolute atomic E-state index is 12.8. The zero-order chi connectivity index (χ0) is 16.1. The number of anilines is 1. The van der Waals surface area contributed by atoms with Crippen LogP contribution < -0.4 is 4.90 Å². The van der Waals surface area contributed by atoms with Gasteiger partial charge in [0.2, 0.25) is 11.8 Å². The van der Waals surface area contributed by atoms with Crippen LogP contribution in [0.5, 0.6) is 0 Å². The minimum atomic E-state index is -3.30. The first-order chi connectivity index (χ1) is 10.2. The van der Waals surface area contributed by atoms with E-state index in [1.807, 2.05) is 0 Å². The Bertz CT molecular complexity index is 757. The summed E-state index contributed by atoms with van der Waals surface area (Å²) in [5.41, 5.74) is -0.851. The van der Waals surface area contributed by atoms with E-state index in [4.69, 9.17) is 23.2 Å². The van der Waals surface area contributed by atoms with Crippen molar-refractivity contribution in [2.75, 3.05) is 16.4 Å². The fraction of sp³-hybridized carbons (Fsp3) is 0.429. The number of benzene rings is 1. The molecule has 118 valence electrons. The van der Waals surface area contributed by atoms with Crippen LogP contribution in [0.3, 0.4) is 0 Å². The smallest absolute Gasteiger partial charge is 0.241 e. The van der Waals surface area contributed by atoms with E-state index in [0.717, 1.165) is 4.90 Å². The number of rotatable bonds is 1. The molecule has 1 aromatic rings. The summed E-state index contributed by atoms with van der Waals surface area (Å²) in [6.07, 6.45) is 0.711. The largest absolute Gasteiger partial charge is 0.274 e. The number of imide groups is 1. The zero-order valence-corrected chi connectivity index (χ0v) is 13.8. The van der Waals surface area contributed by atoms with Crippen LogP contribution in [0.4, 0.5) is 5.69 Å². The Balaban J connectivity index is 2.02. The van der Waals surface area contributed by atoms with Crippen LogP contribution in [0.2, 0.25) is 10.0 Å². The Morgan fingerprint density at radius 3 is 2.32 bits per heavy atom. The van der Waals surface area contributed by atoms with Gasteiger partial charge in [0.05, 0.1) is 22.6 Å². The van der Waals surface area contributed by atoms with Crippen LogP contribution >= 0.6 is 23.2 Å². The molecule has 0 bridgehead atoms. The van der Waals surface area contributed by atoms with Gasteiger partial charge in [-0.05, 0) is 31.0 Å². The van der Waals surface area contributed by atoms with Crippen molar-refractivity contribution >= 4 is 50.5 Å². The fourth-order valence-corrected chi connectivity index (χ4v) is 5.68. The van der Waals surface area contributed by atoms with E-state index >= 15 is 0 Å². The second-order valence-corrected chi connectivity index (χ2v) is 8.87. The number of halogens is 2. The summed E-state index contributed by atoms with van der Waals surface area (Å²) in [5.74, 6) is -1.09. The molecule has 8 heteroatoms. The summed E-state index contributed by atoms with van der Waals surface area (Å²) in [4.78, 5) is 26.1. The van der Waals surface area contributed by atoms with E-state index in [-0.39, 0.29) is 23.6 Å². The van der Waals surface area contributed by atoms with E-state index in [0.29, 0.717) is 22.9 Å². The molecule has 2 heterocycles. The van der Waals surface area contributed by atoms with Gasteiger partial charge < -0.3 is 0 Å².